The molecule has 3 saturated heterocycles. The number of ether oxygens (including phenoxy) is 1. The summed E-state index contributed by atoms with van der Waals surface area (Å²) >= 11 is 6.33. The van der Waals surface area contributed by atoms with Crippen molar-refractivity contribution in [1.29, 1.82) is 0 Å². The number of halogens is 1. The fourth-order valence-electron chi connectivity index (χ4n) is 4.96. The molecule has 4 rings (SSSR count). The van der Waals surface area contributed by atoms with Crippen LogP contribution in [0.3, 0.4) is 0 Å². The molecule has 0 aliphatic carbocycles. The van der Waals surface area contributed by atoms with Gasteiger partial charge in [0, 0.05) is 57.4 Å². The first-order valence-corrected chi connectivity index (χ1v) is 11.8. The maximum absolute atomic E-state index is 6.33. The van der Waals surface area contributed by atoms with E-state index in [4.69, 9.17) is 16.3 Å². The summed E-state index contributed by atoms with van der Waals surface area (Å²) < 4.78 is 5.51. The van der Waals surface area contributed by atoms with Crippen molar-refractivity contribution in [3.63, 3.8) is 0 Å². The molecule has 1 atom stereocenters. The highest BCUT2D eigenvalue weighted by Crippen LogP contribution is 2.22. The van der Waals surface area contributed by atoms with Crippen LogP contribution in [0.2, 0.25) is 5.02 Å². The fraction of sp³-hybridized carbons (Fsp3) is 0.696. The quantitative estimate of drug-likeness (QED) is 0.571. The first kappa shape index (κ1) is 21.9. The zero-order valence-corrected chi connectivity index (χ0v) is 19.0. The van der Waals surface area contributed by atoms with Gasteiger partial charge in [0.2, 0.25) is 0 Å². The lowest BCUT2D eigenvalue weighted by Crippen LogP contribution is -2.47. The van der Waals surface area contributed by atoms with Gasteiger partial charge in [-0.2, -0.15) is 0 Å². The van der Waals surface area contributed by atoms with E-state index in [-0.39, 0.29) is 0 Å². The lowest BCUT2D eigenvalue weighted by Gasteiger charge is -2.33. The van der Waals surface area contributed by atoms with Gasteiger partial charge < -0.3 is 15.0 Å². The van der Waals surface area contributed by atoms with Gasteiger partial charge >= 0.3 is 0 Å². The Morgan fingerprint density at radius 3 is 2.60 bits per heavy atom. The van der Waals surface area contributed by atoms with Crippen molar-refractivity contribution in [2.45, 2.75) is 31.8 Å². The number of guanidine groups is 1. The molecule has 1 unspecified atom stereocenters. The maximum Gasteiger partial charge on any atom is 0.193 e. The van der Waals surface area contributed by atoms with Gasteiger partial charge in [0.1, 0.15) is 0 Å². The van der Waals surface area contributed by atoms with Gasteiger partial charge in [-0.25, -0.2) is 0 Å². The molecular weight excluding hydrogens is 398 g/mol. The van der Waals surface area contributed by atoms with Crippen LogP contribution in [0.1, 0.15) is 24.8 Å². The van der Waals surface area contributed by atoms with Crippen LogP contribution in [0.15, 0.2) is 29.3 Å². The van der Waals surface area contributed by atoms with E-state index >= 15 is 0 Å². The number of likely N-dealkylation sites (tertiary alicyclic amines) is 2. The number of nitrogens with one attached hydrogen (secondary N) is 1. The molecule has 6 nitrogen and oxygen atoms in total. The molecule has 0 bridgehead atoms. The predicted octanol–water partition coefficient (Wildman–Crippen LogP) is 2.53. The number of piperidine rings is 1. The summed E-state index contributed by atoms with van der Waals surface area (Å²) in [4.78, 5) is 12.1. The Balaban J connectivity index is 1.19. The summed E-state index contributed by atoms with van der Waals surface area (Å²) in [6.45, 7) is 10.3. The van der Waals surface area contributed by atoms with Crippen LogP contribution in [-0.4, -0.2) is 92.8 Å². The van der Waals surface area contributed by atoms with Crippen LogP contribution in [0.25, 0.3) is 0 Å². The molecule has 0 amide bonds. The van der Waals surface area contributed by atoms with Crippen LogP contribution < -0.4 is 5.32 Å². The minimum Gasteiger partial charge on any atom is -0.379 e. The van der Waals surface area contributed by atoms with Gasteiger partial charge in [-0.3, -0.25) is 14.8 Å². The standard InChI is InChI=1S/C23H36ClN5O/c1-25-23(29-11-8-21(18-29)28-12-14-30-15-13-28)26-16-19-6-9-27(10-7-19)17-20-4-2-3-5-22(20)24/h2-5,19,21H,6-18H2,1H3,(H,25,26). The van der Waals surface area contributed by atoms with Gasteiger partial charge in [0.05, 0.1) is 13.2 Å². The Kier molecular flexibility index (Phi) is 7.88. The molecule has 7 heteroatoms. The number of rotatable bonds is 5. The normalized spacial score (nSPS) is 25.1. The summed E-state index contributed by atoms with van der Waals surface area (Å²) in [6.07, 6.45) is 3.68. The van der Waals surface area contributed by atoms with E-state index in [0.29, 0.717) is 12.0 Å². The van der Waals surface area contributed by atoms with E-state index in [2.05, 4.69) is 37.1 Å². The third-order valence-electron chi connectivity index (χ3n) is 6.84. The molecular formula is C23H36ClN5O. The summed E-state index contributed by atoms with van der Waals surface area (Å²) in [6, 6.07) is 8.84. The van der Waals surface area contributed by atoms with Crippen molar-refractivity contribution in [1.82, 2.24) is 20.0 Å². The van der Waals surface area contributed by atoms with Gasteiger partial charge in [0.25, 0.3) is 0 Å². The summed E-state index contributed by atoms with van der Waals surface area (Å²) in [5, 5.41) is 4.55. The molecule has 3 heterocycles. The molecule has 166 valence electrons. The average Bonchev–Trinajstić information content (AvgIpc) is 3.28. The lowest BCUT2D eigenvalue weighted by molar-refractivity contribution is 0.0194. The monoisotopic (exact) mass is 433 g/mol. The molecule has 0 radical (unpaired) electrons. The zero-order chi connectivity index (χ0) is 20.8. The van der Waals surface area contributed by atoms with Crippen LogP contribution >= 0.6 is 11.6 Å². The number of morpholine rings is 1. The Hall–Kier alpha value is -1.34. The molecule has 0 spiro atoms. The molecule has 0 saturated carbocycles. The molecule has 1 aromatic carbocycles. The van der Waals surface area contributed by atoms with Crippen LogP contribution in [0.5, 0.6) is 0 Å². The molecule has 3 fully saturated rings. The fourth-order valence-corrected chi connectivity index (χ4v) is 5.15. The van der Waals surface area contributed by atoms with E-state index < -0.39 is 0 Å². The molecule has 3 aliphatic rings. The topological polar surface area (TPSA) is 43.3 Å². The predicted molar refractivity (Wildman–Crippen MR) is 123 cm³/mol. The SMILES string of the molecule is CN=C(NCC1CCN(Cc2ccccc2Cl)CC1)N1CCC(N2CCOCC2)C1. The first-order chi connectivity index (χ1) is 14.7. The third kappa shape index (κ3) is 5.67. The molecule has 0 aromatic heterocycles. The van der Waals surface area contributed by atoms with E-state index in [9.17, 15) is 0 Å². The second-order valence-corrected chi connectivity index (χ2v) is 9.18. The van der Waals surface area contributed by atoms with E-state index in [1.54, 1.807) is 0 Å². The second-order valence-electron chi connectivity index (χ2n) is 8.78. The molecule has 1 N–H and O–H groups in total. The second kappa shape index (κ2) is 10.8. The van der Waals surface area contributed by atoms with Crippen LogP contribution in [0.4, 0.5) is 0 Å². The van der Waals surface area contributed by atoms with Crippen LogP contribution in [0, 0.1) is 5.92 Å². The number of benzene rings is 1. The Labute approximate surface area is 186 Å². The largest absolute Gasteiger partial charge is 0.379 e. The zero-order valence-electron chi connectivity index (χ0n) is 18.2. The van der Waals surface area contributed by atoms with Crippen molar-refractivity contribution in [2.24, 2.45) is 10.9 Å². The highest BCUT2D eigenvalue weighted by Gasteiger charge is 2.30. The number of hydrogen-bond acceptors (Lipinski definition) is 4. The van der Waals surface area contributed by atoms with E-state index in [1.165, 1.54) is 24.8 Å². The first-order valence-electron chi connectivity index (χ1n) is 11.5. The van der Waals surface area contributed by atoms with Crippen molar-refractivity contribution in [3.8, 4) is 0 Å². The molecule has 1 aromatic rings. The Morgan fingerprint density at radius 1 is 1.10 bits per heavy atom. The maximum atomic E-state index is 6.33. The lowest BCUT2D eigenvalue weighted by atomic mass is 9.96. The van der Waals surface area contributed by atoms with Gasteiger partial charge in [0.15, 0.2) is 5.96 Å². The highest BCUT2D eigenvalue weighted by atomic mass is 35.5. The molecule has 3 aliphatic heterocycles. The summed E-state index contributed by atoms with van der Waals surface area (Å²) in [5.41, 5.74) is 1.24. The van der Waals surface area contributed by atoms with Crippen LogP contribution in [-0.2, 0) is 11.3 Å². The number of hydrogen-bond donors (Lipinski definition) is 1. The summed E-state index contributed by atoms with van der Waals surface area (Å²) in [5.74, 6) is 1.78. The van der Waals surface area contributed by atoms with Gasteiger partial charge in [-0.1, -0.05) is 29.8 Å². The van der Waals surface area contributed by atoms with E-state index in [0.717, 1.165) is 76.6 Å². The van der Waals surface area contributed by atoms with Crippen molar-refractivity contribution >= 4 is 17.6 Å². The van der Waals surface area contributed by atoms with Crippen molar-refractivity contribution in [3.05, 3.63) is 34.9 Å². The van der Waals surface area contributed by atoms with Gasteiger partial charge in [-0.15, -0.1) is 0 Å². The highest BCUT2D eigenvalue weighted by molar-refractivity contribution is 6.31. The number of nitrogens with zero attached hydrogens (tertiary/aromatic N) is 4. The minimum atomic E-state index is 0.639. The average molecular weight is 434 g/mol. The third-order valence-corrected chi connectivity index (χ3v) is 7.21. The van der Waals surface area contributed by atoms with Crippen molar-refractivity contribution < 1.29 is 4.74 Å². The smallest absolute Gasteiger partial charge is 0.193 e. The van der Waals surface area contributed by atoms with Gasteiger partial charge in [-0.05, 0) is 49.9 Å². The van der Waals surface area contributed by atoms with Crippen molar-refractivity contribution in [2.75, 3.05) is 66.1 Å². The molecule has 30 heavy (non-hydrogen) atoms. The Morgan fingerprint density at radius 2 is 1.87 bits per heavy atom. The van der Waals surface area contributed by atoms with E-state index in [1.807, 2.05) is 19.2 Å². The Bertz CT molecular complexity index is 701. The summed E-state index contributed by atoms with van der Waals surface area (Å²) in [7, 11) is 1.91. The number of aliphatic imine (C=N–C) groups is 1. The minimum absolute atomic E-state index is 0.639.